The number of carbonyl (C=O) groups excluding carboxylic acids is 1. The minimum atomic E-state index is -0.171. The third-order valence-corrected chi connectivity index (χ3v) is 4.04. The van der Waals surface area contributed by atoms with Gasteiger partial charge in [0.15, 0.2) is 5.69 Å². The summed E-state index contributed by atoms with van der Waals surface area (Å²) in [5, 5.41) is 10.6. The van der Waals surface area contributed by atoms with Crippen molar-refractivity contribution in [2.24, 2.45) is 0 Å². The van der Waals surface area contributed by atoms with Crippen LogP contribution < -0.4 is 15.4 Å². The third-order valence-electron chi connectivity index (χ3n) is 4.04. The number of amides is 1. The molecule has 0 saturated carbocycles. The van der Waals surface area contributed by atoms with Gasteiger partial charge in [-0.15, -0.1) is 0 Å². The predicted molar refractivity (Wildman–Crippen MR) is 107 cm³/mol. The number of ether oxygens (including phenoxy) is 1. The van der Waals surface area contributed by atoms with Crippen LogP contribution in [0.2, 0.25) is 0 Å². The molecule has 3 aromatic rings. The Labute approximate surface area is 159 Å². The molecular weight excluding hydrogens is 340 g/mol. The molecule has 27 heavy (non-hydrogen) atoms. The highest BCUT2D eigenvalue weighted by Crippen LogP contribution is 2.15. The molecule has 140 valence electrons. The summed E-state index contributed by atoms with van der Waals surface area (Å²) >= 11 is 0. The first kappa shape index (κ1) is 18.5. The number of anilines is 1. The van der Waals surface area contributed by atoms with Gasteiger partial charge in [0.1, 0.15) is 5.75 Å². The number of hydrogen-bond donors (Lipinski definition) is 2. The lowest BCUT2D eigenvalue weighted by atomic mass is 10.2. The van der Waals surface area contributed by atoms with Crippen molar-refractivity contribution in [1.82, 2.24) is 15.1 Å². The lowest BCUT2D eigenvalue weighted by Crippen LogP contribution is -2.29. The summed E-state index contributed by atoms with van der Waals surface area (Å²) in [6.45, 7) is 5.62. The summed E-state index contributed by atoms with van der Waals surface area (Å²) in [6.07, 6.45) is 1.86. The maximum Gasteiger partial charge on any atom is 0.272 e. The molecule has 6 nitrogen and oxygen atoms in total. The van der Waals surface area contributed by atoms with E-state index >= 15 is 0 Å². The normalized spacial score (nSPS) is 10.4. The minimum Gasteiger partial charge on any atom is -0.494 e. The van der Waals surface area contributed by atoms with E-state index in [0.29, 0.717) is 25.4 Å². The van der Waals surface area contributed by atoms with Gasteiger partial charge >= 0.3 is 0 Å². The maximum absolute atomic E-state index is 12.4. The van der Waals surface area contributed by atoms with Crippen LogP contribution in [-0.4, -0.2) is 35.4 Å². The van der Waals surface area contributed by atoms with E-state index in [-0.39, 0.29) is 5.91 Å². The summed E-state index contributed by atoms with van der Waals surface area (Å²) < 4.78 is 7.14. The van der Waals surface area contributed by atoms with Crippen molar-refractivity contribution in [1.29, 1.82) is 0 Å². The Balaban J connectivity index is 1.50. The van der Waals surface area contributed by atoms with Crippen LogP contribution in [0.25, 0.3) is 5.69 Å². The summed E-state index contributed by atoms with van der Waals surface area (Å²) in [6, 6.07) is 17.5. The van der Waals surface area contributed by atoms with Crippen LogP contribution in [0.4, 0.5) is 5.69 Å². The number of para-hydroxylation sites is 1. The first-order chi connectivity index (χ1) is 13.2. The average molecular weight is 364 g/mol. The molecule has 0 aliphatic rings. The van der Waals surface area contributed by atoms with E-state index < -0.39 is 0 Å². The first-order valence-electron chi connectivity index (χ1n) is 9.04. The molecule has 1 heterocycles. The van der Waals surface area contributed by atoms with E-state index in [1.165, 1.54) is 0 Å². The van der Waals surface area contributed by atoms with Crippen molar-refractivity contribution in [2.75, 3.05) is 25.0 Å². The number of hydrogen-bond acceptors (Lipinski definition) is 4. The van der Waals surface area contributed by atoms with Crippen molar-refractivity contribution in [3.8, 4) is 11.4 Å². The first-order valence-corrected chi connectivity index (χ1v) is 9.04. The fourth-order valence-corrected chi connectivity index (χ4v) is 2.70. The highest BCUT2D eigenvalue weighted by molar-refractivity contribution is 5.93. The van der Waals surface area contributed by atoms with Crippen LogP contribution in [0.1, 0.15) is 23.0 Å². The molecule has 3 rings (SSSR count). The fraction of sp³-hybridized carbons (Fsp3) is 0.238. The Kier molecular flexibility index (Phi) is 6.10. The number of aromatic nitrogens is 2. The summed E-state index contributed by atoms with van der Waals surface area (Å²) in [7, 11) is 0. The van der Waals surface area contributed by atoms with Gasteiger partial charge in [-0.3, -0.25) is 4.79 Å². The van der Waals surface area contributed by atoms with Crippen LogP contribution in [0.3, 0.4) is 0 Å². The zero-order valence-electron chi connectivity index (χ0n) is 15.6. The second-order valence-corrected chi connectivity index (χ2v) is 6.08. The quantitative estimate of drug-likeness (QED) is 0.601. The van der Waals surface area contributed by atoms with Crippen molar-refractivity contribution in [2.45, 2.75) is 13.8 Å². The van der Waals surface area contributed by atoms with Gasteiger partial charge in [0.25, 0.3) is 5.91 Å². The number of aryl methyl sites for hydroxylation is 1. The van der Waals surface area contributed by atoms with Crippen molar-refractivity contribution < 1.29 is 9.53 Å². The van der Waals surface area contributed by atoms with Gasteiger partial charge < -0.3 is 15.4 Å². The Morgan fingerprint density at radius 3 is 2.52 bits per heavy atom. The molecular formula is C21H24N4O2. The molecule has 1 aromatic heterocycles. The van der Waals surface area contributed by atoms with Gasteiger partial charge in [-0.1, -0.05) is 18.2 Å². The van der Waals surface area contributed by atoms with Crippen molar-refractivity contribution >= 4 is 11.6 Å². The highest BCUT2D eigenvalue weighted by Gasteiger charge is 2.14. The van der Waals surface area contributed by atoms with Gasteiger partial charge in [-0.25, -0.2) is 4.68 Å². The van der Waals surface area contributed by atoms with Gasteiger partial charge in [0.05, 0.1) is 12.3 Å². The predicted octanol–water partition coefficient (Wildman–Crippen LogP) is 3.42. The van der Waals surface area contributed by atoms with E-state index in [1.807, 2.05) is 74.6 Å². The minimum absolute atomic E-state index is 0.171. The molecule has 0 radical (unpaired) electrons. The van der Waals surface area contributed by atoms with E-state index in [0.717, 1.165) is 22.7 Å². The fourth-order valence-electron chi connectivity index (χ4n) is 2.70. The van der Waals surface area contributed by atoms with Gasteiger partial charge in [0.2, 0.25) is 0 Å². The monoisotopic (exact) mass is 364 g/mol. The third kappa shape index (κ3) is 4.88. The number of benzene rings is 2. The summed E-state index contributed by atoms with van der Waals surface area (Å²) in [4.78, 5) is 12.4. The Bertz CT molecular complexity index is 873. The lowest BCUT2D eigenvalue weighted by molar-refractivity contribution is 0.0949. The number of nitrogens with zero attached hydrogens (tertiary/aromatic N) is 2. The standard InChI is InChI=1S/C21H24N4O2/c1-3-27-19-11-9-17(10-12-19)22-13-14-23-21(26)20-16(2)15-25(24-20)18-7-5-4-6-8-18/h4-12,15,22H,3,13-14H2,1-2H3,(H,23,26). The molecule has 0 atom stereocenters. The van der Waals surface area contributed by atoms with E-state index in [4.69, 9.17) is 4.74 Å². The maximum atomic E-state index is 12.4. The molecule has 0 bridgehead atoms. The average Bonchev–Trinajstić information content (AvgIpc) is 3.09. The van der Waals surface area contributed by atoms with Gasteiger partial charge in [-0.2, -0.15) is 5.10 Å². The largest absolute Gasteiger partial charge is 0.494 e. The summed E-state index contributed by atoms with van der Waals surface area (Å²) in [5.41, 5.74) is 3.20. The zero-order valence-corrected chi connectivity index (χ0v) is 15.6. The lowest BCUT2D eigenvalue weighted by Gasteiger charge is -2.09. The molecule has 0 fully saturated rings. The van der Waals surface area contributed by atoms with Crippen LogP contribution in [0, 0.1) is 6.92 Å². The molecule has 2 N–H and O–H groups in total. The van der Waals surface area contributed by atoms with E-state index in [1.54, 1.807) is 4.68 Å². The number of carbonyl (C=O) groups is 1. The van der Waals surface area contributed by atoms with Crippen LogP contribution >= 0.6 is 0 Å². The van der Waals surface area contributed by atoms with Gasteiger partial charge in [-0.05, 0) is 50.2 Å². The second kappa shape index (κ2) is 8.89. The highest BCUT2D eigenvalue weighted by atomic mass is 16.5. The van der Waals surface area contributed by atoms with Crippen LogP contribution in [-0.2, 0) is 0 Å². The van der Waals surface area contributed by atoms with Crippen molar-refractivity contribution in [3.63, 3.8) is 0 Å². The SMILES string of the molecule is CCOc1ccc(NCCNC(=O)c2nn(-c3ccccc3)cc2C)cc1. The molecule has 6 heteroatoms. The Morgan fingerprint density at radius 1 is 1.07 bits per heavy atom. The molecule has 0 spiro atoms. The van der Waals surface area contributed by atoms with Crippen LogP contribution in [0.15, 0.2) is 60.8 Å². The van der Waals surface area contributed by atoms with Gasteiger partial charge in [0, 0.05) is 30.5 Å². The molecule has 1 amide bonds. The number of nitrogens with one attached hydrogen (secondary N) is 2. The molecule has 2 aromatic carbocycles. The molecule has 0 unspecified atom stereocenters. The molecule has 0 aliphatic carbocycles. The van der Waals surface area contributed by atoms with Crippen molar-refractivity contribution in [3.05, 3.63) is 72.1 Å². The Morgan fingerprint density at radius 2 is 1.81 bits per heavy atom. The molecule has 0 saturated heterocycles. The second-order valence-electron chi connectivity index (χ2n) is 6.08. The molecule has 0 aliphatic heterocycles. The van der Waals surface area contributed by atoms with E-state index in [9.17, 15) is 4.79 Å². The topological polar surface area (TPSA) is 68.2 Å². The Hall–Kier alpha value is -3.28. The summed E-state index contributed by atoms with van der Waals surface area (Å²) in [5.74, 6) is 0.677. The number of rotatable bonds is 8. The van der Waals surface area contributed by atoms with E-state index in [2.05, 4.69) is 15.7 Å². The zero-order chi connectivity index (χ0) is 19.1. The smallest absolute Gasteiger partial charge is 0.272 e. The van der Waals surface area contributed by atoms with Crippen LogP contribution in [0.5, 0.6) is 5.75 Å².